The predicted octanol–water partition coefficient (Wildman–Crippen LogP) is 2.66. The highest BCUT2D eigenvalue weighted by Gasteiger charge is 2.30. The highest BCUT2D eigenvalue weighted by atomic mass is 19.1. The van der Waals surface area contributed by atoms with Gasteiger partial charge >= 0.3 is 0 Å². The van der Waals surface area contributed by atoms with Gasteiger partial charge in [0.2, 0.25) is 0 Å². The van der Waals surface area contributed by atoms with Gasteiger partial charge in [0.25, 0.3) is 5.56 Å². The van der Waals surface area contributed by atoms with Crippen molar-refractivity contribution in [3.05, 3.63) is 57.8 Å². The second-order valence-corrected chi connectivity index (χ2v) is 5.38. The van der Waals surface area contributed by atoms with Gasteiger partial charge in [-0.25, -0.2) is 4.39 Å². The summed E-state index contributed by atoms with van der Waals surface area (Å²) < 4.78 is 18.3. The molecule has 1 aliphatic heterocycles. The van der Waals surface area contributed by atoms with Crippen molar-refractivity contribution in [3.63, 3.8) is 0 Å². The Kier molecular flexibility index (Phi) is 3.44. The van der Waals surface area contributed by atoms with Crippen LogP contribution < -0.4 is 5.56 Å². The van der Waals surface area contributed by atoms with Crippen LogP contribution in [0.15, 0.2) is 39.6 Å². The second-order valence-electron chi connectivity index (χ2n) is 5.38. The number of rotatable bonds is 2. The topological polar surface area (TPSA) is 49.2 Å². The zero-order valence-electron chi connectivity index (χ0n) is 11.3. The Morgan fingerprint density at radius 1 is 1.35 bits per heavy atom. The summed E-state index contributed by atoms with van der Waals surface area (Å²) in [4.78, 5) is 13.4. The van der Waals surface area contributed by atoms with E-state index < -0.39 is 0 Å². The number of benzene rings is 1. The molecule has 1 aromatic carbocycles. The summed E-state index contributed by atoms with van der Waals surface area (Å²) in [7, 11) is 2.07. The number of hydrogen-bond acceptors (Lipinski definition) is 3. The Labute approximate surface area is 116 Å². The Hall–Kier alpha value is -1.88. The fourth-order valence-corrected chi connectivity index (χ4v) is 2.92. The number of halogens is 1. The van der Waals surface area contributed by atoms with Gasteiger partial charge in [0.05, 0.1) is 0 Å². The lowest BCUT2D eigenvalue weighted by Gasteiger charge is -2.36. The van der Waals surface area contributed by atoms with E-state index in [9.17, 15) is 9.18 Å². The molecule has 0 bridgehead atoms. The molecule has 0 saturated carbocycles. The van der Waals surface area contributed by atoms with Crippen LogP contribution in [0, 0.1) is 5.82 Å². The molecule has 3 rings (SSSR count). The fourth-order valence-electron chi connectivity index (χ4n) is 2.92. The fraction of sp³-hybridized carbons (Fsp3) is 0.400. The molecule has 106 valence electrons. The third-order valence-electron chi connectivity index (χ3n) is 4.07. The molecular formula is C15H17FN2O2. The Bertz CT molecular complexity index is 632. The molecule has 1 aliphatic rings. The van der Waals surface area contributed by atoms with E-state index in [-0.39, 0.29) is 23.3 Å². The molecule has 1 saturated heterocycles. The van der Waals surface area contributed by atoms with Crippen LogP contribution in [0.2, 0.25) is 0 Å². The van der Waals surface area contributed by atoms with Crippen LogP contribution in [0.25, 0.3) is 0 Å². The molecule has 0 aliphatic carbocycles. The van der Waals surface area contributed by atoms with Crippen molar-refractivity contribution in [1.29, 1.82) is 0 Å². The highest BCUT2D eigenvalue weighted by molar-refractivity contribution is 5.22. The first-order valence-corrected chi connectivity index (χ1v) is 6.77. The smallest absolute Gasteiger partial charge is 0.280 e. The summed E-state index contributed by atoms with van der Waals surface area (Å²) in [5.74, 6) is 0.718. The first-order chi connectivity index (χ1) is 9.63. The maximum atomic E-state index is 13.0. The van der Waals surface area contributed by atoms with E-state index in [1.807, 2.05) is 12.1 Å². The number of H-pyrrole nitrogens is 1. The van der Waals surface area contributed by atoms with Crippen molar-refractivity contribution in [3.8, 4) is 0 Å². The number of piperidine rings is 1. The van der Waals surface area contributed by atoms with Crippen molar-refractivity contribution >= 4 is 0 Å². The van der Waals surface area contributed by atoms with Crippen LogP contribution in [0.1, 0.15) is 36.1 Å². The molecule has 2 aromatic rings. The van der Waals surface area contributed by atoms with Crippen LogP contribution in [0.3, 0.4) is 0 Å². The van der Waals surface area contributed by atoms with Gasteiger partial charge in [0.15, 0.2) is 0 Å². The number of likely N-dealkylation sites (tertiary alicyclic amines) is 1. The quantitative estimate of drug-likeness (QED) is 0.917. The zero-order valence-corrected chi connectivity index (χ0v) is 11.3. The third kappa shape index (κ3) is 2.54. The average Bonchev–Trinajstić information content (AvgIpc) is 2.87. The predicted molar refractivity (Wildman–Crippen MR) is 73.1 cm³/mol. The van der Waals surface area contributed by atoms with Crippen molar-refractivity contribution in [2.24, 2.45) is 0 Å². The van der Waals surface area contributed by atoms with Crippen molar-refractivity contribution in [1.82, 2.24) is 10.1 Å². The first-order valence-electron chi connectivity index (χ1n) is 6.77. The molecule has 1 aromatic heterocycles. The Morgan fingerprint density at radius 2 is 2.10 bits per heavy atom. The Morgan fingerprint density at radius 3 is 2.75 bits per heavy atom. The van der Waals surface area contributed by atoms with E-state index in [0.717, 1.165) is 30.7 Å². The lowest BCUT2D eigenvalue weighted by atomic mass is 9.86. The number of hydrogen-bond donors (Lipinski definition) is 1. The van der Waals surface area contributed by atoms with E-state index in [0.29, 0.717) is 0 Å². The molecule has 5 heteroatoms. The summed E-state index contributed by atoms with van der Waals surface area (Å²) in [6.45, 7) is 0.918. The molecule has 4 nitrogen and oxygen atoms in total. The van der Waals surface area contributed by atoms with E-state index in [4.69, 9.17) is 4.52 Å². The summed E-state index contributed by atoms with van der Waals surface area (Å²) in [6, 6.07) is 8.37. The van der Waals surface area contributed by atoms with Crippen LogP contribution in [0.5, 0.6) is 0 Å². The highest BCUT2D eigenvalue weighted by Crippen LogP contribution is 2.38. The van der Waals surface area contributed by atoms with Crippen LogP contribution in [0.4, 0.5) is 4.39 Å². The molecule has 0 amide bonds. The normalized spacial score (nSPS) is 23.9. The molecule has 0 spiro atoms. The minimum atomic E-state index is -0.222. The lowest BCUT2D eigenvalue weighted by Crippen LogP contribution is -2.33. The summed E-state index contributed by atoms with van der Waals surface area (Å²) in [5, 5.41) is 2.35. The van der Waals surface area contributed by atoms with Crippen LogP contribution in [-0.2, 0) is 0 Å². The summed E-state index contributed by atoms with van der Waals surface area (Å²) in [5.41, 5.74) is 0.897. The SMILES string of the molecule is CN1CC[C@H](c2cc(=O)[nH]o2)C[C@H]1c1ccc(F)cc1. The van der Waals surface area contributed by atoms with E-state index >= 15 is 0 Å². The van der Waals surface area contributed by atoms with E-state index in [1.54, 1.807) is 0 Å². The third-order valence-corrected chi connectivity index (χ3v) is 4.07. The van der Waals surface area contributed by atoms with Gasteiger partial charge in [-0.2, -0.15) is 5.16 Å². The largest absolute Gasteiger partial charge is 0.383 e. The standard InChI is InChI=1S/C15H17FN2O2/c1-18-7-6-11(14-9-15(19)17-20-14)8-13(18)10-2-4-12(16)5-3-10/h2-5,9,11,13H,6-8H2,1H3,(H,17,19)/t11-,13-/m0/s1. The van der Waals surface area contributed by atoms with Crippen LogP contribution in [-0.4, -0.2) is 23.6 Å². The molecule has 2 atom stereocenters. The Balaban J connectivity index is 1.83. The van der Waals surface area contributed by atoms with Gasteiger partial charge in [-0.3, -0.25) is 9.69 Å². The lowest BCUT2D eigenvalue weighted by molar-refractivity contribution is 0.157. The van der Waals surface area contributed by atoms with Gasteiger partial charge in [-0.05, 0) is 44.1 Å². The molecule has 0 unspecified atom stereocenters. The molecule has 2 heterocycles. The van der Waals surface area contributed by atoms with Crippen molar-refractivity contribution < 1.29 is 8.91 Å². The van der Waals surface area contributed by atoms with Gasteiger partial charge in [0, 0.05) is 18.0 Å². The number of nitrogens with one attached hydrogen (secondary N) is 1. The van der Waals surface area contributed by atoms with E-state index in [1.165, 1.54) is 18.2 Å². The van der Waals surface area contributed by atoms with Gasteiger partial charge in [-0.1, -0.05) is 12.1 Å². The van der Waals surface area contributed by atoms with E-state index in [2.05, 4.69) is 17.1 Å². The van der Waals surface area contributed by atoms with Crippen LogP contribution >= 0.6 is 0 Å². The molecule has 20 heavy (non-hydrogen) atoms. The first kappa shape index (κ1) is 13.1. The van der Waals surface area contributed by atoms with Gasteiger partial charge in [-0.15, -0.1) is 0 Å². The zero-order chi connectivity index (χ0) is 14.1. The van der Waals surface area contributed by atoms with Gasteiger partial charge in [0.1, 0.15) is 11.6 Å². The monoisotopic (exact) mass is 276 g/mol. The van der Waals surface area contributed by atoms with Crippen molar-refractivity contribution in [2.45, 2.75) is 24.8 Å². The molecule has 1 N–H and O–H groups in total. The average molecular weight is 276 g/mol. The molecule has 0 radical (unpaired) electrons. The number of aromatic amines is 1. The molecule has 1 fully saturated rings. The number of nitrogens with zero attached hydrogens (tertiary/aromatic N) is 1. The maximum absolute atomic E-state index is 13.0. The second kappa shape index (κ2) is 5.25. The number of aromatic nitrogens is 1. The minimum Gasteiger partial charge on any atom is -0.383 e. The maximum Gasteiger partial charge on any atom is 0.280 e. The molecular weight excluding hydrogens is 259 g/mol. The summed E-state index contributed by atoms with van der Waals surface area (Å²) >= 11 is 0. The summed E-state index contributed by atoms with van der Waals surface area (Å²) in [6.07, 6.45) is 1.82. The van der Waals surface area contributed by atoms with Gasteiger partial charge < -0.3 is 4.52 Å². The van der Waals surface area contributed by atoms with Crippen molar-refractivity contribution in [2.75, 3.05) is 13.6 Å². The minimum absolute atomic E-state index is 0.197.